The average Bonchev–Trinajstić information content (AvgIpc) is 3.00. The molecule has 0 bridgehead atoms. The normalized spacial score (nSPS) is 20.4. The van der Waals surface area contributed by atoms with E-state index in [9.17, 15) is 9.59 Å². The third-order valence-corrected chi connectivity index (χ3v) is 6.59. The van der Waals surface area contributed by atoms with Crippen molar-refractivity contribution in [1.29, 1.82) is 0 Å². The van der Waals surface area contributed by atoms with Gasteiger partial charge in [-0.1, -0.05) is 0 Å². The first kappa shape index (κ1) is 17.9. The van der Waals surface area contributed by atoms with Crippen LogP contribution in [0.3, 0.4) is 0 Å². The molecule has 2 aliphatic rings. The van der Waals surface area contributed by atoms with Gasteiger partial charge in [0.05, 0.1) is 3.79 Å². The highest BCUT2D eigenvalue weighted by atomic mass is 79.9. The molecule has 132 valence electrons. The Balaban J connectivity index is 1.44. The number of carbonyl (C=O) groups is 2. The molecule has 0 unspecified atom stereocenters. The maximum atomic E-state index is 12.7. The van der Waals surface area contributed by atoms with Crippen LogP contribution in [-0.2, 0) is 16.1 Å². The van der Waals surface area contributed by atoms with Crippen molar-refractivity contribution in [1.82, 2.24) is 14.7 Å². The molecule has 0 aliphatic carbocycles. The Morgan fingerprint density at radius 3 is 2.29 bits per heavy atom. The molecular weight excluding hydrogens is 390 g/mol. The summed E-state index contributed by atoms with van der Waals surface area (Å²) in [6.07, 6.45) is 1.61. The van der Waals surface area contributed by atoms with Crippen LogP contribution < -0.4 is 0 Å². The number of thiophene rings is 1. The lowest BCUT2D eigenvalue weighted by Crippen LogP contribution is -2.51. The number of piperazine rings is 1. The summed E-state index contributed by atoms with van der Waals surface area (Å²) in [4.78, 5) is 31.7. The van der Waals surface area contributed by atoms with E-state index in [1.54, 1.807) is 18.3 Å². The van der Waals surface area contributed by atoms with Gasteiger partial charge in [-0.3, -0.25) is 14.5 Å². The predicted molar refractivity (Wildman–Crippen MR) is 98.9 cm³/mol. The van der Waals surface area contributed by atoms with Gasteiger partial charge in [-0.2, -0.15) is 0 Å². The van der Waals surface area contributed by atoms with Crippen molar-refractivity contribution in [3.8, 4) is 0 Å². The minimum atomic E-state index is 0.0976. The molecule has 3 heterocycles. The minimum absolute atomic E-state index is 0.0976. The van der Waals surface area contributed by atoms with E-state index in [2.05, 4.69) is 33.0 Å². The zero-order valence-electron chi connectivity index (χ0n) is 14.0. The summed E-state index contributed by atoms with van der Waals surface area (Å²) in [6, 6.07) is 4.25. The van der Waals surface area contributed by atoms with Crippen molar-refractivity contribution in [2.24, 2.45) is 5.92 Å². The molecule has 0 atom stereocenters. The Hall–Kier alpha value is -0.920. The molecule has 0 radical (unpaired) electrons. The van der Waals surface area contributed by atoms with Crippen LogP contribution in [0.1, 0.15) is 24.6 Å². The third kappa shape index (κ3) is 4.37. The predicted octanol–water partition coefficient (Wildman–Crippen LogP) is 2.41. The molecule has 2 saturated heterocycles. The van der Waals surface area contributed by atoms with Gasteiger partial charge in [0.25, 0.3) is 0 Å². The summed E-state index contributed by atoms with van der Waals surface area (Å²) in [5.41, 5.74) is 0. The molecule has 2 amide bonds. The number of piperidine rings is 1. The fraction of sp³-hybridized carbons (Fsp3) is 0.647. The van der Waals surface area contributed by atoms with Crippen molar-refractivity contribution in [2.45, 2.75) is 26.3 Å². The lowest BCUT2D eigenvalue weighted by atomic mass is 9.95. The second kappa shape index (κ2) is 7.97. The molecule has 3 rings (SSSR count). The summed E-state index contributed by atoms with van der Waals surface area (Å²) in [5.74, 6) is 0.506. The van der Waals surface area contributed by atoms with Crippen LogP contribution >= 0.6 is 27.3 Å². The lowest BCUT2D eigenvalue weighted by molar-refractivity contribution is -0.141. The van der Waals surface area contributed by atoms with E-state index in [0.29, 0.717) is 0 Å². The van der Waals surface area contributed by atoms with Crippen LogP contribution in [0.25, 0.3) is 0 Å². The second-order valence-electron chi connectivity index (χ2n) is 6.59. The summed E-state index contributed by atoms with van der Waals surface area (Å²) in [6.45, 7) is 7.53. The molecule has 2 aliphatic heterocycles. The third-order valence-electron chi connectivity index (χ3n) is 4.98. The summed E-state index contributed by atoms with van der Waals surface area (Å²) < 4.78 is 1.17. The first-order chi connectivity index (χ1) is 11.5. The number of rotatable bonds is 3. The van der Waals surface area contributed by atoms with Crippen molar-refractivity contribution in [3.05, 3.63) is 20.8 Å². The molecule has 0 aromatic carbocycles. The summed E-state index contributed by atoms with van der Waals surface area (Å²) >= 11 is 5.28. The van der Waals surface area contributed by atoms with Gasteiger partial charge in [0.1, 0.15) is 0 Å². The molecule has 7 heteroatoms. The van der Waals surface area contributed by atoms with Gasteiger partial charge in [0, 0.05) is 63.5 Å². The topological polar surface area (TPSA) is 43.9 Å². The Morgan fingerprint density at radius 2 is 1.75 bits per heavy atom. The molecule has 1 aromatic rings. The van der Waals surface area contributed by atoms with Crippen LogP contribution in [0.4, 0.5) is 0 Å². The van der Waals surface area contributed by atoms with Gasteiger partial charge in [-0.25, -0.2) is 0 Å². The molecule has 5 nitrogen and oxygen atoms in total. The maximum Gasteiger partial charge on any atom is 0.225 e. The number of carbonyl (C=O) groups excluding carboxylic acids is 2. The summed E-state index contributed by atoms with van der Waals surface area (Å²) in [7, 11) is 0. The monoisotopic (exact) mass is 413 g/mol. The van der Waals surface area contributed by atoms with Crippen molar-refractivity contribution in [2.75, 3.05) is 39.3 Å². The molecule has 0 spiro atoms. The number of hydrogen-bond donors (Lipinski definition) is 0. The van der Waals surface area contributed by atoms with E-state index < -0.39 is 0 Å². The first-order valence-electron chi connectivity index (χ1n) is 8.54. The van der Waals surface area contributed by atoms with E-state index in [0.717, 1.165) is 58.7 Å². The summed E-state index contributed by atoms with van der Waals surface area (Å²) in [5, 5.41) is 0. The van der Waals surface area contributed by atoms with Gasteiger partial charge >= 0.3 is 0 Å². The van der Waals surface area contributed by atoms with Crippen LogP contribution in [0.15, 0.2) is 15.9 Å². The fourth-order valence-electron chi connectivity index (χ4n) is 3.48. The van der Waals surface area contributed by atoms with Gasteiger partial charge < -0.3 is 9.80 Å². The van der Waals surface area contributed by atoms with Crippen molar-refractivity contribution in [3.63, 3.8) is 0 Å². The number of halogens is 1. The van der Waals surface area contributed by atoms with Gasteiger partial charge in [0.15, 0.2) is 0 Å². The molecule has 24 heavy (non-hydrogen) atoms. The standard InChI is InChI=1S/C17H24BrN3O2S/c1-13(22)20-6-4-14(5-7-20)17(23)21-10-8-19(9-11-21)12-15-2-3-16(18)24-15/h2-3,14H,4-12H2,1H3. The van der Waals surface area contributed by atoms with Crippen LogP contribution in [0, 0.1) is 5.92 Å². The minimum Gasteiger partial charge on any atom is -0.343 e. The fourth-order valence-corrected chi connectivity index (χ4v) is 5.01. The molecule has 0 N–H and O–H groups in total. The first-order valence-corrected chi connectivity index (χ1v) is 10.1. The smallest absolute Gasteiger partial charge is 0.225 e. The van der Waals surface area contributed by atoms with E-state index in [1.165, 1.54) is 8.66 Å². The Kier molecular flexibility index (Phi) is 5.94. The molecular formula is C17H24BrN3O2S. The number of hydrogen-bond acceptors (Lipinski definition) is 4. The van der Waals surface area contributed by atoms with E-state index in [-0.39, 0.29) is 17.7 Å². The highest BCUT2D eigenvalue weighted by Crippen LogP contribution is 2.24. The van der Waals surface area contributed by atoms with Crippen molar-refractivity contribution >= 4 is 39.1 Å². The SMILES string of the molecule is CC(=O)N1CCC(C(=O)N2CCN(Cc3ccc(Br)s3)CC2)CC1. The van der Waals surface area contributed by atoms with E-state index in [1.807, 2.05) is 9.80 Å². The highest BCUT2D eigenvalue weighted by Gasteiger charge is 2.30. The van der Waals surface area contributed by atoms with Crippen LogP contribution in [0.2, 0.25) is 0 Å². The zero-order chi connectivity index (χ0) is 17.1. The molecule has 1 aromatic heterocycles. The lowest BCUT2D eigenvalue weighted by Gasteiger charge is -2.38. The van der Waals surface area contributed by atoms with Gasteiger partial charge in [-0.15, -0.1) is 11.3 Å². The largest absolute Gasteiger partial charge is 0.343 e. The van der Waals surface area contributed by atoms with Gasteiger partial charge in [-0.05, 0) is 40.9 Å². The van der Waals surface area contributed by atoms with E-state index >= 15 is 0 Å². The zero-order valence-corrected chi connectivity index (χ0v) is 16.4. The number of amides is 2. The van der Waals surface area contributed by atoms with Crippen LogP contribution in [0.5, 0.6) is 0 Å². The van der Waals surface area contributed by atoms with Gasteiger partial charge in [0.2, 0.25) is 11.8 Å². The number of likely N-dealkylation sites (tertiary alicyclic amines) is 1. The second-order valence-corrected chi connectivity index (χ2v) is 9.14. The molecule has 0 saturated carbocycles. The maximum absolute atomic E-state index is 12.7. The number of nitrogens with zero attached hydrogens (tertiary/aromatic N) is 3. The highest BCUT2D eigenvalue weighted by molar-refractivity contribution is 9.11. The van der Waals surface area contributed by atoms with Crippen molar-refractivity contribution < 1.29 is 9.59 Å². The molecule has 2 fully saturated rings. The quantitative estimate of drug-likeness (QED) is 0.763. The van der Waals surface area contributed by atoms with E-state index in [4.69, 9.17) is 0 Å². The van der Waals surface area contributed by atoms with Crippen LogP contribution in [-0.4, -0.2) is 65.8 Å². The Morgan fingerprint density at radius 1 is 1.08 bits per heavy atom. The average molecular weight is 414 g/mol. The Bertz CT molecular complexity index is 590. The Labute approximate surface area is 155 Å².